The third kappa shape index (κ3) is 4.92. The van der Waals surface area contributed by atoms with Crippen LogP contribution in [0.1, 0.15) is 30.9 Å². The summed E-state index contributed by atoms with van der Waals surface area (Å²) >= 11 is 1.65. The van der Waals surface area contributed by atoms with Crippen molar-refractivity contribution < 1.29 is 9.53 Å². The number of nitrogens with zero attached hydrogens (tertiary/aromatic N) is 1. The van der Waals surface area contributed by atoms with E-state index in [1.165, 1.54) is 5.56 Å². The van der Waals surface area contributed by atoms with Crippen LogP contribution >= 0.6 is 11.3 Å². The summed E-state index contributed by atoms with van der Waals surface area (Å²) in [5.41, 5.74) is 4.41. The predicted octanol–water partition coefficient (Wildman–Crippen LogP) is 4.63. The van der Waals surface area contributed by atoms with Crippen molar-refractivity contribution in [3.63, 3.8) is 0 Å². The lowest BCUT2D eigenvalue weighted by Crippen LogP contribution is -2.28. The Balaban J connectivity index is 1.49. The van der Waals surface area contributed by atoms with Crippen molar-refractivity contribution >= 4 is 17.2 Å². The van der Waals surface area contributed by atoms with Gasteiger partial charge < -0.3 is 10.1 Å². The monoisotopic (exact) mass is 366 g/mol. The van der Waals surface area contributed by atoms with Crippen LogP contribution in [0, 0.1) is 0 Å². The van der Waals surface area contributed by atoms with Gasteiger partial charge in [-0.25, -0.2) is 0 Å². The minimum atomic E-state index is -0.154. The zero-order chi connectivity index (χ0) is 18.4. The summed E-state index contributed by atoms with van der Waals surface area (Å²) in [6.07, 6.45) is 3.60. The maximum atomic E-state index is 12.0. The fraction of sp³-hybridized carbons (Fsp3) is 0.238. The number of carbonyl (C=O) groups excluding carboxylic acids is 1. The summed E-state index contributed by atoms with van der Waals surface area (Å²) in [6.45, 7) is 4.72. The molecule has 0 unspecified atom stereocenters. The van der Waals surface area contributed by atoms with Gasteiger partial charge in [-0.3, -0.25) is 9.78 Å². The van der Waals surface area contributed by atoms with Crippen molar-refractivity contribution in [2.75, 3.05) is 6.61 Å². The molecule has 0 bridgehead atoms. The summed E-state index contributed by atoms with van der Waals surface area (Å²) in [5, 5.41) is 6.99. The summed E-state index contributed by atoms with van der Waals surface area (Å²) < 4.78 is 5.55. The van der Waals surface area contributed by atoms with Crippen LogP contribution in [0.2, 0.25) is 0 Å². The lowest BCUT2D eigenvalue weighted by molar-refractivity contribution is -0.123. The number of thiophene rings is 1. The van der Waals surface area contributed by atoms with Crippen LogP contribution in [-0.2, 0) is 11.3 Å². The molecule has 1 aromatic carbocycles. The average molecular weight is 366 g/mol. The van der Waals surface area contributed by atoms with Gasteiger partial charge >= 0.3 is 0 Å². The smallest absolute Gasteiger partial charge is 0.258 e. The molecule has 2 aromatic heterocycles. The Hall–Kier alpha value is -2.66. The van der Waals surface area contributed by atoms with Crippen molar-refractivity contribution in [3.05, 3.63) is 70.7 Å². The fourth-order valence-corrected chi connectivity index (χ4v) is 3.19. The first kappa shape index (κ1) is 18.1. The molecule has 3 rings (SSSR count). The van der Waals surface area contributed by atoms with Gasteiger partial charge in [0.15, 0.2) is 6.61 Å². The standard InChI is InChI=1S/C21H22N2O2S/c1-15(2)17-3-5-20(6-4-17)25-13-21(24)23-11-16-9-19(12-22-10-16)18-7-8-26-14-18/h3-10,12,14-15H,11,13H2,1-2H3,(H,23,24). The van der Waals surface area contributed by atoms with E-state index >= 15 is 0 Å². The van der Waals surface area contributed by atoms with Crippen molar-refractivity contribution in [3.8, 4) is 16.9 Å². The van der Waals surface area contributed by atoms with Crippen molar-refractivity contribution in [1.29, 1.82) is 0 Å². The summed E-state index contributed by atoms with van der Waals surface area (Å²) in [7, 11) is 0. The Morgan fingerprint density at radius 3 is 2.65 bits per heavy atom. The molecule has 0 atom stereocenters. The maximum absolute atomic E-state index is 12.0. The van der Waals surface area contributed by atoms with E-state index in [0.717, 1.165) is 16.7 Å². The van der Waals surface area contributed by atoms with Crippen molar-refractivity contribution in [1.82, 2.24) is 10.3 Å². The molecule has 0 spiro atoms. The minimum absolute atomic E-state index is 0.00131. The van der Waals surface area contributed by atoms with Gasteiger partial charge in [-0.05, 0) is 57.6 Å². The maximum Gasteiger partial charge on any atom is 0.258 e. The van der Waals surface area contributed by atoms with E-state index < -0.39 is 0 Å². The van der Waals surface area contributed by atoms with Gasteiger partial charge in [0.2, 0.25) is 0 Å². The topological polar surface area (TPSA) is 51.2 Å². The van der Waals surface area contributed by atoms with Gasteiger partial charge in [-0.1, -0.05) is 26.0 Å². The minimum Gasteiger partial charge on any atom is -0.484 e. The first-order valence-corrected chi connectivity index (χ1v) is 9.52. The number of nitrogens with one attached hydrogen (secondary N) is 1. The zero-order valence-corrected chi connectivity index (χ0v) is 15.8. The number of pyridine rings is 1. The van der Waals surface area contributed by atoms with E-state index in [1.54, 1.807) is 17.5 Å². The molecule has 0 saturated carbocycles. The van der Waals surface area contributed by atoms with Gasteiger partial charge in [0.1, 0.15) is 5.75 Å². The number of amides is 1. The number of aromatic nitrogens is 1. The molecule has 4 nitrogen and oxygen atoms in total. The molecule has 0 saturated heterocycles. The molecular formula is C21H22N2O2S. The van der Waals surface area contributed by atoms with Gasteiger partial charge in [-0.2, -0.15) is 11.3 Å². The van der Waals surface area contributed by atoms with Crippen LogP contribution in [0.4, 0.5) is 0 Å². The van der Waals surface area contributed by atoms with E-state index in [9.17, 15) is 4.79 Å². The van der Waals surface area contributed by atoms with E-state index in [-0.39, 0.29) is 12.5 Å². The Bertz CT molecular complexity index is 843. The Morgan fingerprint density at radius 2 is 1.96 bits per heavy atom. The molecule has 3 aromatic rings. The number of carbonyl (C=O) groups is 1. The molecule has 0 aliphatic heterocycles. The van der Waals surface area contributed by atoms with Crippen LogP contribution in [0.5, 0.6) is 5.75 Å². The molecule has 2 heterocycles. The van der Waals surface area contributed by atoms with Crippen LogP contribution in [0.3, 0.4) is 0 Å². The Labute approximate surface area is 157 Å². The summed E-state index contributed by atoms with van der Waals surface area (Å²) in [4.78, 5) is 16.3. The molecule has 0 fully saturated rings. The molecule has 26 heavy (non-hydrogen) atoms. The molecule has 1 amide bonds. The number of hydrogen-bond acceptors (Lipinski definition) is 4. The normalized spacial score (nSPS) is 10.7. The molecule has 0 aliphatic carbocycles. The molecule has 0 radical (unpaired) electrons. The van der Waals surface area contributed by atoms with Crippen molar-refractivity contribution in [2.24, 2.45) is 0 Å². The van der Waals surface area contributed by atoms with Gasteiger partial charge in [0.25, 0.3) is 5.91 Å². The lowest BCUT2D eigenvalue weighted by Gasteiger charge is -2.10. The fourth-order valence-electron chi connectivity index (χ4n) is 2.52. The SMILES string of the molecule is CC(C)c1ccc(OCC(=O)NCc2cncc(-c3ccsc3)c2)cc1. The first-order chi connectivity index (χ1) is 12.6. The van der Waals surface area contributed by atoms with E-state index in [2.05, 4.69) is 35.6 Å². The summed E-state index contributed by atoms with van der Waals surface area (Å²) in [6, 6.07) is 12.0. The van der Waals surface area contributed by atoms with Crippen molar-refractivity contribution in [2.45, 2.75) is 26.3 Å². The largest absolute Gasteiger partial charge is 0.484 e. The van der Waals surface area contributed by atoms with Gasteiger partial charge in [0, 0.05) is 24.5 Å². The highest BCUT2D eigenvalue weighted by molar-refractivity contribution is 7.08. The van der Waals surface area contributed by atoms with E-state index in [0.29, 0.717) is 18.2 Å². The number of ether oxygens (including phenoxy) is 1. The molecule has 0 aliphatic rings. The number of benzene rings is 1. The predicted molar refractivity (Wildman–Crippen MR) is 105 cm³/mol. The Kier molecular flexibility index (Phi) is 6.02. The zero-order valence-electron chi connectivity index (χ0n) is 14.9. The second-order valence-corrected chi connectivity index (χ2v) is 7.16. The van der Waals surface area contributed by atoms with Crippen LogP contribution < -0.4 is 10.1 Å². The number of hydrogen-bond donors (Lipinski definition) is 1. The lowest BCUT2D eigenvalue weighted by atomic mass is 10.0. The quantitative estimate of drug-likeness (QED) is 0.663. The van der Waals surface area contributed by atoms with Gasteiger partial charge in [0.05, 0.1) is 0 Å². The second kappa shape index (κ2) is 8.63. The third-order valence-corrected chi connectivity index (χ3v) is 4.74. The molecule has 1 N–H and O–H groups in total. The molecule has 134 valence electrons. The number of rotatable bonds is 7. The van der Waals surface area contributed by atoms with E-state index in [1.807, 2.05) is 41.9 Å². The van der Waals surface area contributed by atoms with Crippen LogP contribution in [0.15, 0.2) is 59.6 Å². The Morgan fingerprint density at radius 1 is 1.15 bits per heavy atom. The summed E-state index contributed by atoms with van der Waals surface area (Å²) in [5.74, 6) is 1.02. The highest BCUT2D eigenvalue weighted by Crippen LogP contribution is 2.22. The highest BCUT2D eigenvalue weighted by Gasteiger charge is 2.06. The van der Waals surface area contributed by atoms with Crippen LogP contribution in [-0.4, -0.2) is 17.5 Å². The first-order valence-electron chi connectivity index (χ1n) is 8.58. The van der Waals surface area contributed by atoms with Gasteiger partial charge in [-0.15, -0.1) is 0 Å². The average Bonchev–Trinajstić information content (AvgIpc) is 3.20. The molecule has 5 heteroatoms. The van der Waals surface area contributed by atoms with E-state index in [4.69, 9.17) is 4.74 Å². The third-order valence-electron chi connectivity index (χ3n) is 4.06. The van der Waals surface area contributed by atoms with Crippen LogP contribution in [0.25, 0.3) is 11.1 Å². The second-order valence-electron chi connectivity index (χ2n) is 6.38. The highest BCUT2D eigenvalue weighted by atomic mass is 32.1. The molecular weight excluding hydrogens is 344 g/mol.